The van der Waals surface area contributed by atoms with Crippen LogP contribution in [-0.4, -0.2) is 40.9 Å². The smallest absolute Gasteiger partial charge is 0.176 e. The molecule has 1 heterocycles. The molecule has 13 heavy (non-hydrogen) atoms. The molecule has 2 N–H and O–H groups in total. The third kappa shape index (κ3) is 2.01. The van der Waals surface area contributed by atoms with E-state index in [0.29, 0.717) is 0 Å². The van der Waals surface area contributed by atoms with Gasteiger partial charge in [-0.05, 0) is 13.8 Å². The second kappa shape index (κ2) is 3.28. The first-order valence-electron chi connectivity index (χ1n) is 4.06. The number of aliphatic hydroxyl groups is 2. The number of hydrogen-bond donors (Lipinski definition) is 2. The second-order valence-electron chi connectivity index (χ2n) is 3.54. The van der Waals surface area contributed by atoms with Gasteiger partial charge < -0.3 is 19.7 Å². The third-order valence-corrected chi connectivity index (χ3v) is 2.03. The van der Waals surface area contributed by atoms with Crippen LogP contribution < -0.4 is 0 Å². The van der Waals surface area contributed by atoms with Crippen molar-refractivity contribution in [3.63, 3.8) is 0 Å². The fourth-order valence-electron chi connectivity index (χ4n) is 1.16. The van der Waals surface area contributed by atoms with Gasteiger partial charge in [0, 0.05) is 0 Å². The van der Waals surface area contributed by atoms with Crippen LogP contribution in [0.15, 0.2) is 0 Å². The zero-order valence-corrected chi connectivity index (χ0v) is 7.78. The van der Waals surface area contributed by atoms with Crippen LogP contribution in [0.5, 0.6) is 0 Å². The first-order valence-corrected chi connectivity index (χ1v) is 4.06. The minimum Gasteiger partial charge on any atom is -0.392 e. The van der Waals surface area contributed by atoms with E-state index in [1.54, 1.807) is 13.8 Å². The molecule has 0 aromatic rings. The molecule has 1 rings (SSSR count). The predicted octanol–water partition coefficient (Wildman–Crippen LogP) is -0.506. The molecule has 4 nitrogen and oxygen atoms in total. The monoisotopic (exact) mass is 187 g/mol. The number of terminal acetylenes is 1. The van der Waals surface area contributed by atoms with E-state index in [9.17, 15) is 5.11 Å². The van der Waals surface area contributed by atoms with E-state index in [1.807, 2.05) is 0 Å². The van der Waals surface area contributed by atoms with Gasteiger partial charge in [0.05, 0.1) is 13.2 Å². The highest BCUT2D eigenvalue weighted by atomic mass is 16.7. The van der Waals surface area contributed by atoms with E-state index < -0.39 is 24.1 Å². The molecule has 0 bridgehead atoms. The summed E-state index contributed by atoms with van der Waals surface area (Å²) >= 11 is 0. The van der Waals surface area contributed by atoms with E-state index in [0.717, 1.165) is 0 Å². The Kier molecular flexibility index (Phi) is 2.64. The first kappa shape index (κ1) is 10.5. The van der Waals surface area contributed by atoms with Gasteiger partial charge >= 0.3 is 0 Å². The highest BCUT2D eigenvalue weighted by Gasteiger charge is 2.44. The highest BCUT2D eigenvalue weighted by molar-refractivity contribution is 5.12. The molecule has 1 unspecified atom stereocenters. The van der Waals surface area contributed by atoms with Crippen molar-refractivity contribution >= 4 is 0 Å². The molecule has 0 radical (unpaired) electrons. The summed E-state index contributed by atoms with van der Waals surface area (Å²) < 4.78 is 10.5. The lowest BCUT2D eigenvalue weighted by atomic mass is 10.1. The molecule has 0 spiro atoms. The Balaban J connectivity index is 2.71. The summed E-state index contributed by atoms with van der Waals surface area (Å²) in [5.74, 6) is 1.36. The molecule has 0 aromatic carbocycles. The summed E-state index contributed by atoms with van der Waals surface area (Å²) in [6.07, 6.45) is 4.42. The van der Waals surface area contributed by atoms with E-state index in [-0.39, 0.29) is 6.61 Å². The summed E-state index contributed by atoms with van der Waals surface area (Å²) in [5.41, 5.74) is -1.65. The van der Waals surface area contributed by atoms with Crippen LogP contribution in [0.3, 0.4) is 0 Å². The summed E-state index contributed by atoms with van der Waals surface area (Å²) in [6, 6.07) is 0. The number of aliphatic hydroxyl groups excluding tert-OH is 1. The molecular formula is C9H14O4. The highest BCUT2D eigenvalue weighted by Crippen LogP contribution is 2.28. The molecule has 0 aliphatic carbocycles. The average molecular weight is 187 g/mol. The Morgan fingerprint density at radius 2 is 2.31 bits per heavy atom. The normalized spacial score (nSPS) is 30.8. The van der Waals surface area contributed by atoms with Gasteiger partial charge in [0.1, 0.15) is 6.10 Å². The zero-order chi connectivity index (χ0) is 10.1. The van der Waals surface area contributed by atoms with Crippen molar-refractivity contribution in [2.75, 3.05) is 13.2 Å². The topological polar surface area (TPSA) is 58.9 Å². The molecule has 1 aliphatic rings. The van der Waals surface area contributed by atoms with Crippen LogP contribution >= 0.6 is 0 Å². The van der Waals surface area contributed by atoms with Crippen LogP contribution in [0.1, 0.15) is 13.8 Å². The number of rotatable bonds is 2. The standard InChI is InChI=1S/C9H14O4/c1-4-9(11,6-10)7-5-12-8(2,3)13-7/h1,7,10-11H,5-6H2,2-3H3/t7-,9?/m1/s1/i4+1. The number of ether oxygens (including phenoxy) is 2. The van der Waals surface area contributed by atoms with Gasteiger partial charge in [-0.15, -0.1) is 6.42 Å². The maximum absolute atomic E-state index is 9.67. The zero-order valence-electron chi connectivity index (χ0n) is 7.78. The minimum atomic E-state index is -1.65. The molecule has 0 amide bonds. The fraction of sp³-hybridized carbons (Fsp3) is 0.778. The van der Waals surface area contributed by atoms with Crippen molar-refractivity contribution in [3.05, 3.63) is 0 Å². The van der Waals surface area contributed by atoms with Crippen LogP contribution in [0.25, 0.3) is 0 Å². The Morgan fingerprint density at radius 3 is 2.62 bits per heavy atom. The van der Waals surface area contributed by atoms with Crippen LogP contribution in [0.2, 0.25) is 0 Å². The molecule has 4 heteroatoms. The second-order valence-corrected chi connectivity index (χ2v) is 3.54. The van der Waals surface area contributed by atoms with E-state index in [1.165, 1.54) is 0 Å². The maximum atomic E-state index is 9.67. The summed E-state index contributed by atoms with van der Waals surface area (Å²) in [4.78, 5) is 0. The van der Waals surface area contributed by atoms with Crippen molar-refractivity contribution in [1.29, 1.82) is 0 Å². The Hall–Kier alpha value is -0.600. The quantitative estimate of drug-likeness (QED) is 0.452. The van der Waals surface area contributed by atoms with E-state index >= 15 is 0 Å². The first-order chi connectivity index (χ1) is 5.93. The van der Waals surface area contributed by atoms with Crippen molar-refractivity contribution in [2.45, 2.75) is 31.3 Å². The third-order valence-electron chi connectivity index (χ3n) is 2.03. The van der Waals surface area contributed by atoms with Crippen LogP contribution in [0.4, 0.5) is 0 Å². The Labute approximate surface area is 77.5 Å². The van der Waals surface area contributed by atoms with Crippen LogP contribution in [0, 0.1) is 12.3 Å². The molecular weight excluding hydrogens is 173 g/mol. The van der Waals surface area contributed by atoms with Crippen molar-refractivity contribution in [3.8, 4) is 12.3 Å². The molecule has 0 saturated carbocycles. The van der Waals surface area contributed by atoms with Gasteiger partial charge in [-0.3, -0.25) is 0 Å². The van der Waals surface area contributed by atoms with Crippen molar-refractivity contribution < 1.29 is 19.7 Å². The molecule has 1 fully saturated rings. The molecule has 1 aliphatic heterocycles. The number of hydrogen-bond acceptors (Lipinski definition) is 4. The fourth-order valence-corrected chi connectivity index (χ4v) is 1.16. The summed E-state index contributed by atoms with van der Waals surface area (Å²) in [6.45, 7) is 3.10. The lowest BCUT2D eigenvalue weighted by Crippen LogP contribution is -2.46. The molecule has 2 atom stereocenters. The lowest BCUT2D eigenvalue weighted by molar-refractivity contribution is -0.164. The Morgan fingerprint density at radius 1 is 1.69 bits per heavy atom. The Bertz CT molecular complexity index is 230. The molecule has 0 aromatic heterocycles. The SMILES string of the molecule is C#[13C]C(O)(CO)[C@H]1COC(C)(C)O1. The van der Waals surface area contributed by atoms with Crippen molar-refractivity contribution in [1.82, 2.24) is 0 Å². The van der Waals surface area contributed by atoms with Gasteiger partial charge in [0.15, 0.2) is 11.4 Å². The van der Waals surface area contributed by atoms with Gasteiger partial charge in [0.2, 0.25) is 0 Å². The van der Waals surface area contributed by atoms with Crippen molar-refractivity contribution in [2.24, 2.45) is 0 Å². The van der Waals surface area contributed by atoms with Gasteiger partial charge in [-0.1, -0.05) is 5.92 Å². The largest absolute Gasteiger partial charge is 0.392 e. The molecule has 74 valence electrons. The maximum Gasteiger partial charge on any atom is 0.176 e. The van der Waals surface area contributed by atoms with Gasteiger partial charge in [0.25, 0.3) is 0 Å². The van der Waals surface area contributed by atoms with Gasteiger partial charge in [-0.2, -0.15) is 0 Å². The van der Waals surface area contributed by atoms with E-state index in [4.69, 9.17) is 21.0 Å². The van der Waals surface area contributed by atoms with E-state index in [2.05, 4.69) is 5.92 Å². The molecule has 1 saturated heterocycles. The van der Waals surface area contributed by atoms with Gasteiger partial charge in [-0.25, -0.2) is 0 Å². The summed E-state index contributed by atoms with van der Waals surface area (Å²) in [5, 5.41) is 18.6. The predicted molar refractivity (Wildman–Crippen MR) is 45.8 cm³/mol. The average Bonchev–Trinajstić information content (AvgIpc) is 2.45. The van der Waals surface area contributed by atoms with Crippen LogP contribution in [-0.2, 0) is 9.47 Å². The minimum absolute atomic E-state index is 0.189. The summed E-state index contributed by atoms with van der Waals surface area (Å²) in [7, 11) is 0. The lowest BCUT2D eigenvalue weighted by Gasteiger charge is -2.26.